The maximum Gasteiger partial charge on any atom is 0.201 e. The third-order valence-electron chi connectivity index (χ3n) is 2.12. The molecule has 0 fully saturated rings. The number of fused-ring (bicyclic) bond motifs is 1. The van der Waals surface area contributed by atoms with E-state index < -0.39 is 11.6 Å². The lowest BCUT2D eigenvalue weighted by atomic mass is 10.0. The summed E-state index contributed by atoms with van der Waals surface area (Å²) < 4.78 is 30.9. The van der Waals surface area contributed by atoms with Crippen LogP contribution in [0.1, 0.15) is 5.56 Å². The first-order valence-electron chi connectivity index (χ1n) is 4.15. The molecule has 1 aromatic rings. The second kappa shape index (κ2) is 3.38. The average molecular weight is 198 g/mol. The van der Waals surface area contributed by atoms with Gasteiger partial charge in [0, 0.05) is 5.56 Å². The summed E-state index contributed by atoms with van der Waals surface area (Å²) in [5.41, 5.74) is 0.975. The van der Waals surface area contributed by atoms with Crippen LogP contribution < -0.4 is 4.74 Å². The van der Waals surface area contributed by atoms with Crippen LogP contribution in [0.15, 0.2) is 18.2 Å². The van der Waals surface area contributed by atoms with Gasteiger partial charge in [0.1, 0.15) is 6.61 Å². The van der Waals surface area contributed by atoms with Gasteiger partial charge in [-0.3, -0.25) is 0 Å². The molecule has 0 aliphatic carbocycles. The molecule has 2 nitrogen and oxygen atoms in total. The minimum atomic E-state index is -0.999. The van der Waals surface area contributed by atoms with Crippen LogP contribution in [-0.2, 0) is 0 Å². The first-order chi connectivity index (χ1) is 6.74. The van der Waals surface area contributed by atoms with E-state index in [0.717, 1.165) is 6.07 Å². The van der Waals surface area contributed by atoms with Crippen molar-refractivity contribution in [1.29, 1.82) is 0 Å². The smallest absolute Gasteiger partial charge is 0.201 e. The number of ether oxygens (including phenoxy) is 1. The van der Waals surface area contributed by atoms with Crippen molar-refractivity contribution in [2.45, 2.75) is 0 Å². The number of halogens is 2. The zero-order valence-electron chi connectivity index (χ0n) is 7.26. The predicted molar refractivity (Wildman–Crippen MR) is 46.9 cm³/mol. The molecule has 0 saturated heterocycles. The lowest BCUT2D eigenvalue weighted by Crippen LogP contribution is -2.09. The van der Waals surface area contributed by atoms with Gasteiger partial charge in [-0.15, -0.1) is 0 Å². The average Bonchev–Trinajstić information content (AvgIpc) is 2.23. The normalized spacial score (nSPS) is 14.4. The van der Waals surface area contributed by atoms with Crippen LogP contribution in [0.3, 0.4) is 0 Å². The third kappa shape index (κ3) is 1.28. The van der Waals surface area contributed by atoms with Crippen molar-refractivity contribution in [2.75, 3.05) is 13.2 Å². The summed E-state index contributed by atoms with van der Waals surface area (Å²) in [5, 5.41) is 8.96. The number of rotatable bonds is 1. The van der Waals surface area contributed by atoms with Gasteiger partial charge in [0.25, 0.3) is 0 Å². The van der Waals surface area contributed by atoms with Crippen LogP contribution in [0, 0.1) is 11.6 Å². The fourth-order valence-electron chi connectivity index (χ4n) is 1.41. The molecule has 0 bridgehead atoms. The van der Waals surface area contributed by atoms with Crippen molar-refractivity contribution in [3.05, 3.63) is 35.4 Å². The van der Waals surface area contributed by atoms with Crippen LogP contribution in [0.4, 0.5) is 8.78 Å². The molecule has 0 amide bonds. The van der Waals surface area contributed by atoms with Gasteiger partial charge in [0.2, 0.25) is 5.82 Å². The van der Waals surface area contributed by atoms with Gasteiger partial charge in [-0.25, -0.2) is 4.39 Å². The summed E-state index contributed by atoms with van der Waals surface area (Å²) in [6, 6.07) is 2.42. The largest absolute Gasteiger partial charge is 0.486 e. The van der Waals surface area contributed by atoms with E-state index in [2.05, 4.69) is 0 Å². The van der Waals surface area contributed by atoms with E-state index in [9.17, 15) is 8.78 Å². The molecule has 2 rings (SSSR count). The van der Waals surface area contributed by atoms with Gasteiger partial charge < -0.3 is 9.84 Å². The van der Waals surface area contributed by atoms with Gasteiger partial charge in [-0.1, -0.05) is 0 Å². The highest BCUT2D eigenvalue weighted by Crippen LogP contribution is 2.33. The summed E-state index contributed by atoms with van der Waals surface area (Å²) in [4.78, 5) is 0. The summed E-state index contributed by atoms with van der Waals surface area (Å²) in [6.07, 6.45) is 1.64. The molecule has 0 saturated carbocycles. The fraction of sp³-hybridized carbons (Fsp3) is 0.200. The Morgan fingerprint density at radius 3 is 2.86 bits per heavy atom. The molecule has 1 N–H and O–H groups in total. The lowest BCUT2D eigenvalue weighted by molar-refractivity contribution is 0.316. The summed E-state index contributed by atoms with van der Waals surface area (Å²) in [7, 11) is 0. The summed E-state index contributed by atoms with van der Waals surface area (Å²) >= 11 is 0. The molecule has 0 aromatic heterocycles. The van der Waals surface area contributed by atoms with Crippen LogP contribution in [-0.4, -0.2) is 18.3 Å². The minimum Gasteiger partial charge on any atom is -0.486 e. The SMILES string of the molecule is OCC1=CCOc2c1ccc(F)c2F. The lowest BCUT2D eigenvalue weighted by Gasteiger charge is -2.17. The molecule has 74 valence electrons. The number of hydrogen-bond donors (Lipinski definition) is 1. The molecule has 0 spiro atoms. The molecule has 14 heavy (non-hydrogen) atoms. The molecular formula is C10H8F2O2. The topological polar surface area (TPSA) is 29.5 Å². The van der Waals surface area contributed by atoms with Crippen molar-refractivity contribution in [2.24, 2.45) is 0 Å². The highest BCUT2D eigenvalue weighted by molar-refractivity contribution is 5.72. The Kier molecular flexibility index (Phi) is 2.21. The van der Waals surface area contributed by atoms with E-state index in [0.29, 0.717) is 11.1 Å². The quantitative estimate of drug-likeness (QED) is 0.744. The van der Waals surface area contributed by atoms with Crippen LogP contribution in [0.5, 0.6) is 5.75 Å². The fourth-order valence-corrected chi connectivity index (χ4v) is 1.41. The Labute approximate surface area is 79.4 Å². The highest BCUT2D eigenvalue weighted by Gasteiger charge is 2.19. The summed E-state index contributed by atoms with van der Waals surface area (Å²) in [6.45, 7) is -0.0509. The van der Waals surface area contributed by atoms with Gasteiger partial charge >= 0.3 is 0 Å². The van der Waals surface area contributed by atoms with Crippen molar-refractivity contribution in [1.82, 2.24) is 0 Å². The number of aliphatic hydroxyl groups is 1. The van der Waals surface area contributed by atoms with Crippen molar-refractivity contribution >= 4 is 5.57 Å². The number of aliphatic hydroxyl groups excluding tert-OH is 1. The van der Waals surface area contributed by atoms with Crippen molar-refractivity contribution in [3.8, 4) is 5.75 Å². The highest BCUT2D eigenvalue weighted by atomic mass is 19.2. The Morgan fingerprint density at radius 1 is 1.36 bits per heavy atom. The van der Waals surface area contributed by atoms with Gasteiger partial charge in [0.05, 0.1) is 6.61 Å². The molecule has 1 aromatic carbocycles. The molecule has 1 heterocycles. The van der Waals surface area contributed by atoms with E-state index in [4.69, 9.17) is 9.84 Å². The summed E-state index contributed by atoms with van der Waals surface area (Å²) in [5.74, 6) is -2.05. The third-order valence-corrected chi connectivity index (χ3v) is 2.12. The molecule has 0 unspecified atom stereocenters. The minimum absolute atomic E-state index is 0.114. The second-order valence-electron chi connectivity index (χ2n) is 2.94. The maximum absolute atomic E-state index is 13.2. The van der Waals surface area contributed by atoms with E-state index in [1.54, 1.807) is 6.08 Å². The van der Waals surface area contributed by atoms with E-state index in [1.807, 2.05) is 0 Å². The van der Waals surface area contributed by atoms with Gasteiger partial charge in [-0.2, -0.15) is 4.39 Å². The first-order valence-corrected chi connectivity index (χ1v) is 4.15. The first kappa shape index (κ1) is 9.15. The van der Waals surface area contributed by atoms with Gasteiger partial charge in [-0.05, 0) is 23.8 Å². The maximum atomic E-state index is 13.2. The molecule has 1 aliphatic heterocycles. The van der Waals surface area contributed by atoms with Crippen molar-refractivity contribution < 1.29 is 18.6 Å². The Balaban J connectivity index is 2.59. The van der Waals surface area contributed by atoms with E-state index >= 15 is 0 Å². The zero-order valence-corrected chi connectivity index (χ0v) is 7.26. The molecule has 4 heteroatoms. The monoisotopic (exact) mass is 198 g/mol. The van der Waals surface area contributed by atoms with Crippen LogP contribution in [0.25, 0.3) is 5.57 Å². The predicted octanol–water partition coefficient (Wildman–Crippen LogP) is 1.73. The number of hydrogen-bond acceptors (Lipinski definition) is 2. The van der Waals surface area contributed by atoms with Crippen LogP contribution in [0.2, 0.25) is 0 Å². The van der Waals surface area contributed by atoms with E-state index in [1.165, 1.54) is 6.07 Å². The van der Waals surface area contributed by atoms with Gasteiger partial charge in [0.15, 0.2) is 11.6 Å². The second-order valence-corrected chi connectivity index (χ2v) is 2.94. The Bertz CT molecular complexity index is 399. The Morgan fingerprint density at radius 2 is 2.14 bits per heavy atom. The van der Waals surface area contributed by atoms with Crippen LogP contribution >= 0.6 is 0 Å². The molecule has 0 radical (unpaired) electrons. The molecular weight excluding hydrogens is 190 g/mol. The standard InChI is InChI=1S/C10H8F2O2/c11-8-2-1-7-6(5-13)3-4-14-10(7)9(8)12/h1-3,13H,4-5H2. The van der Waals surface area contributed by atoms with Crippen molar-refractivity contribution in [3.63, 3.8) is 0 Å². The molecule has 1 aliphatic rings. The van der Waals surface area contributed by atoms with E-state index in [-0.39, 0.29) is 19.0 Å². The Hall–Kier alpha value is -1.42. The number of benzene rings is 1. The molecule has 0 atom stereocenters. The zero-order chi connectivity index (χ0) is 10.1.